The number of aromatic nitrogens is 1. The van der Waals surface area contributed by atoms with Gasteiger partial charge in [-0.2, -0.15) is 11.8 Å². The molecular formula is C14H12N2OS2. The number of benzene rings is 1. The first-order valence-corrected chi connectivity index (χ1v) is 8.12. The summed E-state index contributed by atoms with van der Waals surface area (Å²) in [6, 6.07) is 7.80. The van der Waals surface area contributed by atoms with E-state index < -0.39 is 0 Å². The van der Waals surface area contributed by atoms with E-state index in [4.69, 9.17) is 10.2 Å². The lowest BCUT2D eigenvalue weighted by atomic mass is 10.2. The number of thiophene rings is 1. The van der Waals surface area contributed by atoms with Gasteiger partial charge >= 0.3 is 0 Å². The molecule has 3 heterocycles. The molecule has 1 aliphatic heterocycles. The predicted octanol–water partition coefficient (Wildman–Crippen LogP) is 3.93. The molecule has 0 atom stereocenters. The van der Waals surface area contributed by atoms with Gasteiger partial charge in [0.05, 0.1) is 4.88 Å². The van der Waals surface area contributed by atoms with E-state index in [1.807, 2.05) is 41.3 Å². The monoisotopic (exact) mass is 288 g/mol. The highest BCUT2D eigenvalue weighted by Crippen LogP contribution is 2.37. The highest BCUT2D eigenvalue weighted by atomic mass is 32.2. The first-order chi connectivity index (χ1) is 9.29. The van der Waals surface area contributed by atoms with Crippen LogP contribution in [0.4, 0.5) is 5.69 Å². The molecule has 0 amide bonds. The summed E-state index contributed by atoms with van der Waals surface area (Å²) in [7, 11) is 0. The molecule has 1 aromatic carbocycles. The molecule has 4 rings (SSSR count). The van der Waals surface area contributed by atoms with Gasteiger partial charge in [-0.05, 0) is 42.0 Å². The largest absolute Gasteiger partial charge is 0.435 e. The van der Waals surface area contributed by atoms with Crippen LogP contribution in [0.5, 0.6) is 0 Å². The lowest BCUT2D eigenvalue weighted by Gasteiger charge is -2.08. The fraction of sp³-hybridized carbons (Fsp3) is 0.214. The Labute approximate surface area is 118 Å². The van der Waals surface area contributed by atoms with Crippen LogP contribution in [0, 0.1) is 0 Å². The van der Waals surface area contributed by atoms with Gasteiger partial charge in [-0.1, -0.05) is 0 Å². The van der Waals surface area contributed by atoms with E-state index >= 15 is 0 Å². The molecule has 0 spiro atoms. The Kier molecular flexibility index (Phi) is 2.56. The number of hydrogen-bond donors (Lipinski definition) is 1. The van der Waals surface area contributed by atoms with Crippen molar-refractivity contribution in [3.63, 3.8) is 0 Å². The molecule has 1 aliphatic rings. The Bertz CT molecular complexity index is 736. The van der Waals surface area contributed by atoms with E-state index in [1.54, 1.807) is 0 Å². The van der Waals surface area contributed by atoms with Gasteiger partial charge in [0.2, 0.25) is 5.89 Å². The van der Waals surface area contributed by atoms with Crippen LogP contribution >= 0.6 is 23.1 Å². The van der Waals surface area contributed by atoms with E-state index in [0.29, 0.717) is 11.6 Å². The van der Waals surface area contributed by atoms with Crippen molar-refractivity contribution < 1.29 is 4.42 Å². The Morgan fingerprint density at radius 2 is 2.21 bits per heavy atom. The fourth-order valence-corrected chi connectivity index (χ4v) is 4.60. The zero-order chi connectivity index (χ0) is 12.8. The summed E-state index contributed by atoms with van der Waals surface area (Å²) >= 11 is 3.80. The molecule has 0 saturated carbocycles. The zero-order valence-electron chi connectivity index (χ0n) is 10.2. The van der Waals surface area contributed by atoms with Crippen molar-refractivity contribution in [1.82, 2.24) is 4.98 Å². The average molecular weight is 288 g/mol. The Balaban J connectivity index is 1.83. The number of oxazole rings is 1. The maximum atomic E-state index is 5.82. The van der Waals surface area contributed by atoms with Gasteiger partial charge in [-0.25, -0.2) is 4.98 Å². The average Bonchev–Trinajstić information content (AvgIpc) is 3.00. The fourth-order valence-electron chi connectivity index (χ4n) is 2.30. The molecule has 0 bridgehead atoms. The molecule has 0 saturated heterocycles. The van der Waals surface area contributed by atoms with Crippen molar-refractivity contribution >= 4 is 39.9 Å². The lowest BCUT2D eigenvalue weighted by Crippen LogP contribution is -1.96. The molecule has 3 aromatic rings. The predicted molar refractivity (Wildman–Crippen MR) is 81.6 cm³/mol. The molecule has 5 heteroatoms. The Hall–Kier alpha value is -1.46. The van der Waals surface area contributed by atoms with E-state index in [2.05, 4.69) is 11.1 Å². The van der Waals surface area contributed by atoms with Gasteiger partial charge in [0.25, 0.3) is 0 Å². The minimum atomic E-state index is 0.713. The summed E-state index contributed by atoms with van der Waals surface area (Å²) in [4.78, 5) is 7.15. The third-order valence-electron chi connectivity index (χ3n) is 3.25. The molecule has 0 radical (unpaired) electrons. The van der Waals surface area contributed by atoms with E-state index in [9.17, 15) is 0 Å². The summed E-state index contributed by atoms with van der Waals surface area (Å²) < 4.78 is 5.82. The number of hydrogen-bond acceptors (Lipinski definition) is 5. The topological polar surface area (TPSA) is 52.0 Å². The molecule has 3 nitrogen and oxygen atoms in total. The van der Waals surface area contributed by atoms with Crippen LogP contribution in [-0.4, -0.2) is 10.7 Å². The standard InChI is InChI=1S/C14H12N2OS2/c15-9-1-2-11-10(6-9)16-14(17-11)13-5-8-7-18-4-3-12(8)19-13/h1-2,5-6H,3-4,7,15H2. The SMILES string of the molecule is Nc1ccc2oc(-c3cc4c(s3)CCSC4)nc2c1. The number of nitrogens with zero attached hydrogens (tertiary/aromatic N) is 1. The smallest absolute Gasteiger partial charge is 0.237 e. The van der Waals surface area contributed by atoms with Gasteiger partial charge < -0.3 is 10.2 Å². The molecule has 0 fully saturated rings. The van der Waals surface area contributed by atoms with Crippen molar-refractivity contribution in [3.05, 3.63) is 34.7 Å². The van der Waals surface area contributed by atoms with Crippen LogP contribution in [0.3, 0.4) is 0 Å². The van der Waals surface area contributed by atoms with Crippen LogP contribution in [0.2, 0.25) is 0 Å². The second-order valence-corrected chi connectivity index (χ2v) is 6.85. The van der Waals surface area contributed by atoms with Gasteiger partial charge in [0.1, 0.15) is 5.52 Å². The summed E-state index contributed by atoms with van der Waals surface area (Å²) in [5, 5.41) is 0. The minimum Gasteiger partial charge on any atom is -0.435 e. The normalized spacial score (nSPS) is 14.7. The van der Waals surface area contributed by atoms with Gasteiger partial charge in [-0.15, -0.1) is 11.3 Å². The summed E-state index contributed by atoms with van der Waals surface area (Å²) in [6.45, 7) is 0. The van der Waals surface area contributed by atoms with Gasteiger partial charge in [0, 0.05) is 16.3 Å². The molecule has 2 N–H and O–H groups in total. The minimum absolute atomic E-state index is 0.713. The maximum Gasteiger partial charge on any atom is 0.237 e. The Morgan fingerprint density at radius 1 is 1.26 bits per heavy atom. The lowest BCUT2D eigenvalue weighted by molar-refractivity contribution is 0.621. The van der Waals surface area contributed by atoms with Crippen molar-refractivity contribution in [3.8, 4) is 10.8 Å². The van der Waals surface area contributed by atoms with Crippen LogP contribution in [0.15, 0.2) is 28.7 Å². The third-order valence-corrected chi connectivity index (χ3v) is 5.48. The molecule has 0 unspecified atom stereocenters. The summed E-state index contributed by atoms with van der Waals surface area (Å²) in [6.07, 6.45) is 1.16. The molecule has 96 valence electrons. The van der Waals surface area contributed by atoms with Crippen LogP contribution in [0.25, 0.3) is 21.9 Å². The number of aryl methyl sites for hydroxylation is 1. The van der Waals surface area contributed by atoms with Crippen LogP contribution < -0.4 is 5.73 Å². The number of nitrogens with two attached hydrogens (primary N) is 1. The number of fused-ring (bicyclic) bond motifs is 2. The van der Waals surface area contributed by atoms with E-state index in [-0.39, 0.29) is 0 Å². The van der Waals surface area contributed by atoms with E-state index in [0.717, 1.165) is 28.2 Å². The van der Waals surface area contributed by atoms with E-state index in [1.165, 1.54) is 16.2 Å². The number of rotatable bonds is 1. The summed E-state index contributed by atoms with van der Waals surface area (Å²) in [5.74, 6) is 3.04. The van der Waals surface area contributed by atoms with Crippen molar-refractivity contribution in [2.75, 3.05) is 11.5 Å². The number of anilines is 1. The highest BCUT2D eigenvalue weighted by Gasteiger charge is 2.17. The first-order valence-electron chi connectivity index (χ1n) is 6.15. The summed E-state index contributed by atoms with van der Waals surface area (Å²) in [5.41, 5.74) is 9.55. The Morgan fingerprint density at radius 3 is 3.11 bits per heavy atom. The highest BCUT2D eigenvalue weighted by molar-refractivity contribution is 7.98. The zero-order valence-corrected chi connectivity index (χ0v) is 11.8. The molecule has 0 aliphatic carbocycles. The number of nitrogen functional groups attached to an aromatic ring is 1. The second-order valence-electron chi connectivity index (χ2n) is 4.61. The molecular weight excluding hydrogens is 276 g/mol. The second kappa shape index (κ2) is 4.28. The van der Waals surface area contributed by atoms with Gasteiger partial charge in [0.15, 0.2) is 5.58 Å². The third kappa shape index (κ3) is 1.93. The van der Waals surface area contributed by atoms with Crippen molar-refractivity contribution in [1.29, 1.82) is 0 Å². The van der Waals surface area contributed by atoms with Crippen LogP contribution in [0.1, 0.15) is 10.4 Å². The van der Waals surface area contributed by atoms with Crippen molar-refractivity contribution in [2.24, 2.45) is 0 Å². The number of thioether (sulfide) groups is 1. The molecule has 19 heavy (non-hydrogen) atoms. The van der Waals surface area contributed by atoms with Crippen LogP contribution in [-0.2, 0) is 12.2 Å². The quantitative estimate of drug-likeness (QED) is 0.689. The van der Waals surface area contributed by atoms with Gasteiger partial charge in [-0.3, -0.25) is 0 Å². The maximum absolute atomic E-state index is 5.82. The first kappa shape index (κ1) is 11.4. The molecule has 2 aromatic heterocycles. The van der Waals surface area contributed by atoms with Crippen molar-refractivity contribution in [2.45, 2.75) is 12.2 Å².